The normalized spacial score (nSPS) is 13.2. The summed E-state index contributed by atoms with van der Waals surface area (Å²) in [6, 6.07) is 0. The van der Waals surface area contributed by atoms with Gasteiger partial charge in [0.25, 0.3) is 7.82 Å². The minimum absolute atomic E-state index is 0. The average Bonchev–Trinajstić information content (AvgIpc) is 1.63. The van der Waals surface area contributed by atoms with Crippen molar-refractivity contribution < 1.29 is 182 Å². The van der Waals surface area contributed by atoms with Gasteiger partial charge in [-0.2, -0.15) is 0 Å². The molecule has 0 aliphatic heterocycles. The van der Waals surface area contributed by atoms with Gasteiger partial charge in [-0.05, 0) is 0 Å². The van der Waals surface area contributed by atoms with Gasteiger partial charge in [0.2, 0.25) is 0 Å². The first-order valence-electron chi connectivity index (χ1n) is 3.04. The van der Waals surface area contributed by atoms with Crippen molar-refractivity contribution in [2.24, 2.45) is 0 Å². The standard InChI is InChI=1S/K.2Na.H4O7P2.2H3O4P/c;;;1-8(2,3)7-9(4,5)6;2*1-5(2,3)4/h;;;(H2,1,2,3)(H2,4,5,6);2*(H3,1,2,3,4)/q3*+1;;;/p-3. The van der Waals surface area contributed by atoms with Crippen LogP contribution in [0.4, 0.5) is 0 Å². The molecule has 0 aromatic heterocycles. The second kappa shape index (κ2) is 17.2. The molecule has 0 aliphatic rings. The Morgan fingerprint density at radius 1 is 0.682 bits per heavy atom. The van der Waals surface area contributed by atoms with Gasteiger partial charge in [0, 0.05) is 0 Å². The predicted molar refractivity (Wildman–Crippen MR) is 47.0 cm³/mol. The van der Waals surface area contributed by atoms with Crippen molar-refractivity contribution >= 4 is 31.3 Å². The van der Waals surface area contributed by atoms with E-state index >= 15 is 0 Å². The zero-order valence-corrected chi connectivity index (χ0v) is 21.9. The fourth-order valence-corrected chi connectivity index (χ4v) is 1.21. The summed E-state index contributed by atoms with van der Waals surface area (Å²) in [4.78, 5) is 78.4. The molecular weight excluding hydrogens is 449 g/mol. The molecule has 1 unspecified atom stereocenters. The van der Waals surface area contributed by atoms with E-state index in [-0.39, 0.29) is 110 Å². The smallest absolute Gasteiger partial charge is 0.790 e. The van der Waals surface area contributed by atoms with Crippen molar-refractivity contribution in [1.82, 2.24) is 0 Å². The summed E-state index contributed by atoms with van der Waals surface area (Å²) < 4.78 is 39.5. The Morgan fingerprint density at radius 3 is 0.818 bits per heavy atom. The first kappa shape index (κ1) is 40.7. The van der Waals surface area contributed by atoms with E-state index in [9.17, 15) is 14.0 Å². The number of hydrogen-bond acceptors (Lipinski definition) is 8. The van der Waals surface area contributed by atoms with Crippen LogP contribution >= 0.6 is 31.3 Å². The van der Waals surface area contributed by atoms with E-state index < -0.39 is 31.3 Å². The van der Waals surface area contributed by atoms with Crippen LogP contribution in [-0.4, -0.2) is 34.3 Å². The van der Waals surface area contributed by atoms with Crippen LogP contribution in [0.25, 0.3) is 0 Å². The molecular formula is H7KNa2O15P4. The molecule has 7 N–H and O–H groups in total. The van der Waals surface area contributed by atoms with Gasteiger partial charge in [-0.25, -0.2) is 13.4 Å². The van der Waals surface area contributed by atoms with Crippen molar-refractivity contribution in [2.45, 2.75) is 0 Å². The van der Waals surface area contributed by atoms with Crippen LogP contribution in [0, 0.1) is 0 Å². The molecule has 0 rings (SSSR count). The van der Waals surface area contributed by atoms with Crippen molar-refractivity contribution in [2.75, 3.05) is 0 Å². The molecule has 22 heteroatoms. The average molecular weight is 456 g/mol. The Balaban J connectivity index is -0.0000000434. The maximum Gasteiger partial charge on any atom is 1.00 e. The summed E-state index contributed by atoms with van der Waals surface area (Å²) in [5.74, 6) is 0. The van der Waals surface area contributed by atoms with E-state index in [0.29, 0.717) is 0 Å². The Bertz CT molecular complexity index is 364. The maximum absolute atomic E-state index is 9.59. The van der Waals surface area contributed by atoms with Gasteiger partial charge in [-0.1, -0.05) is 0 Å². The van der Waals surface area contributed by atoms with Crippen LogP contribution in [0.15, 0.2) is 0 Å². The molecule has 0 aliphatic carbocycles. The molecule has 0 spiro atoms. The zero-order valence-electron chi connectivity index (χ0n) is 11.2. The minimum Gasteiger partial charge on any atom is -0.790 e. The van der Waals surface area contributed by atoms with Gasteiger partial charge in [-0.15, -0.1) is 0 Å². The Hall–Kier alpha value is 4.12. The number of rotatable bonds is 2. The van der Waals surface area contributed by atoms with Gasteiger partial charge in [-0.3, -0.25) is 4.57 Å². The SMILES string of the molecule is O=P(O)(O)O.O=P([O-])(O)OP(=O)(O)O.O=P([O-])([O-])O.[K+].[Na+].[Na+]. The Morgan fingerprint density at radius 2 is 0.818 bits per heavy atom. The number of hydrogen-bond donors (Lipinski definition) is 7. The number of phosphoric acid groups is 4. The summed E-state index contributed by atoms with van der Waals surface area (Å²) in [6.07, 6.45) is 0. The molecule has 0 saturated heterocycles. The van der Waals surface area contributed by atoms with Crippen LogP contribution in [0.1, 0.15) is 0 Å². The molecule has 0 radical (unpaired) electrons. The van der Waals surface area contributed by atoms with Crippen molar-refractivity contribution in [3.63, 3.8) is 0 Å². The van der Waals surface area contributed by atoms with E-state index in [2.05, 4.69) is 4.31 Å². The molecule has 15 nitrogen and oxygen atoms in total. The summed E-state index contributed by atoms with van der Waals surface area (Å²) in [7, 11) is -20.2. The van der Waals surface area contributed by atoms with E-state index in [1.54, 1.807) is 0 Å². The second-order valence-electron chi connectivity index (χ2n) is 2.02. The van der Waals surface area contributed by atoms with Crippen LogP contribution in [0.3, 0.4) is 0 Å². The molecule has 0 aromatic carbocycles. The Labute approximate surface area is 209 Å². The predicted octanol–water partition coefficient (Wildman–Crippen LogP) is -13.6. The molecule has 1 atom stereocenters. The van der Waals surface area contributed by atoms with Crippen molar-refractivity contribution in [3.05, 3.63) is 0 Å². The quantitative estimate of drug-likeness (QED) is 0.150. The molecule has 120 valence electrons. The largest absolute Gasteiger partial charge is 1.00 e. The van der Waals surface area contributed by atoms with E-state index in [0.717, 1.165) is 0 Å². The summed E-state index contributed by atoms with van der Waals surface area (Å²) in [6.45, 7) is 0. The van der Waals surface area contributed by atoms with Gasteiger partial charge in [0.05, 0.1) is 7.82 Å². The van der Waals surface area contributed by atoms with Crippen LogP contribution in [0.5, 0.6) is 0 Å². The van der Waals surface area contributed by atoms with Crippen LogP contribution in [-0.2, 0) is 22.6 Å². The van der Waals surface area contributed by atoms with E-state index in [1.165, 1.54) is 0 Å². The third kappa shape index (κ3) is 126. The van der Waals surface area contributed by atoms with Crippen molar-refractivity contribution in [3.8, 4) is 0 Å². The molecule has 22 heavy (non-hydrogen) atoms. The topological polar surface area (TPSA) is 288 Å². The van der Waals surface area contributed by atoms with Crippen LogP contribution in [0.2, 0.25) is 0 Å². The fraction of sp³-hybridized carbons (Fsp3) is 0. The summed E-state index contributed by atoms with van der Waals surface area (Å²) in [5.41, 5.74) is 0. The van der Waals surface area contributed by atoms with E-state index in [1.807, 2.05) is 0 Å². The van der Waals surface area contributed by atoms with Gasteiger partial charge in [0.15, 0.2) is 0 Å². The molecule has 0 amide bonds. The monoisotopic (exact) mass is 456 g/mol. The third-order valence-corrected chi connectivity index (χ3v) is 1.89. The van der Waals surface area contributed by atoms with Gasteiger partial charge in [0.1, 0.15) is 0 Å². The summed E-state index contributed by atoms with van der Waals surface area (Å²) >= 11 is 0. The molecule has 0 bridgehead atoms. The Kier molecular flexibility index (Phi) is 31.9. The van der Waals surface area contributed by atoms with Gasteiger partial charge >= 0.3 is 126 Å². The second-order valence-corrected chi connectivity index (χ2v) is 6.56. The van der Waals surface area contributed by atoms with Crippen molar-refractivity contribution in [1.29, 1.82) is 0 Å². The maximum atomic E-state index is 9.59. The van der Waals surface area contributed by atoms with E-state index in [4.69, 9.17) is 53.2 Å². The zero-order chi connectivity index (χ0) is 16.7. The first-order chi connectivity index (χ1) is 7.71. The summed E-state index contributed by atoms with van der Waals surface area (Å²) in [5, 5.41) is 0. The fourth-order valence-electron chi connectivity index (χ4n) is 0.134. The molecule has 0 fully saturated rings. The minimum atomic E-state index is -5.30. The molecule has 0 saturated carbocycles. The third-order valence-electron chi connectivity index (χ3n) is 0.210. The first-order valence-corrected chi connectivity index (χ1v) is 9.13. The van der Waals surface area contributed by atoms with Crippen LogP contribution < -0.4 is 125 Å². The van der Waals surface area contributed by atoms with Gasteiger partial charge < -0.3 is 53.5 Å². The molecule has 0 aromatic rings. The molecule has 0 heterocycles.